The Morgan fingerprint density at radius 2 is 1.72 bits per heavy atom. The van der Waals surface area contributed by atoms with Gasteiger partial charge in [-0.1, -0.05) is 12.1 Å². The highest BCUT2D eigenvalue weighted by atomic mass is 32.1. The van der Waals surface area contributed by atoms with Crippen LogP contribution in [0.25, 0.3) is 0 Å². The predicted molar refractivity (Wildman–Crippen MR) is 122 cm³/mol. The van der Waals surface area contributed by atoms with Crippen molar-refractivity contribution in [3.05, 3.63) is 59.7 Å². The molecule has 0 bridgehead atoms. The zero-order chi connectivity index (χ0) is 23.5. The van der Waals surface area contributed by atoms with Crippen LogP contribution in [0.4, 0.5) is 10.5 Å². The SMILES string of the molecule is CCO[C@H](CCOC(=O)CS)[C@H](OC(=O)Nc1ccc(C(C)=O)cc1)c1ccc(O)cc1. The molecule has 9 heteroatoms. The first-order valence-electron chi connectivity index (χ1n) is 10.1. The molecule has 2 N–H and O–H groups in total. The lowest BCUT2D eigenvalue weighted by Crippen LogP contribution is -2.30. The van der Waals surface area contributed by atoms with Crippen LogP contribution in [0.2, 0.25) is 0 Å². The number of carbonyl (C=O) groups is 3. The second-order valence-corrected chi connectivity index (χ2v) is 7.15. The molecule has 0 saturated heterocycles. The fraction of sp³-hybridized carbons (Fsp3) is 0.348. The average Bonchev–Trinajstić information content (AvgIpc) is 2.78. The number of rotatable bonds is 11. The van der Waals surface area contributed by atoms with Gasteiger partial charge in [0.1, 0.15) is 11.9 Å². The number of aromatic hydroxyl groups is 1. The number of esters is 1. The molecule has 0 unspecified atom stereocenters. The van der Waals surface area contributed by atoms with Crippen molar-refractivity contribution >= 4 is 36.2 Å². The largest absolute Gasteiger partial charge is 0.508 e. The van der Waals surface area contributed by atoms with Crippen molar-refractivity contribution in [2.45, 2.75) is 32.5 Å². The van der Waals surface area contributed by atoms with E-state index in [4.69, 9.17) is 14.2 Å². The van der Waals surface area contributed by atoms with Crippen molar-refractivity contribution in [2.75, 3.05) is 24.3 Å². The molecule has 1 amide bonds. The summed E-state index contributed by atoms with van der Waals surface area (Å²) in [5, 5.41) is 12.2. The third-order valence-electron chi connectivity index (χ3n) is 4.51. The number of ketones is 1. The van der Waals surface area contributed by atoms with Crippen molar-refractivity contribution in [3.63, 3.8) is 0 Å². The Kier molecular flexibility index (Phi) is 10.0. The molecular weight excluding hydrogens is 434 g/mol. The Bertz CT molecular complexity index is 900. The standard InChI is InChI=1S/C23H27NO7S/c1-3-29-20(12-13-30-21(27)14-32)22(17-6-10-19(26)11-7-17)31-23(28)24-18-8-4-16(5-9-18)15(2)25/h4-11,20,22,26,32H,3,12-14H2,1-2H3,(H,24,28)/t20-,22-/m1/s1. The van der Waals surface area contributed by atoms with Gasteiger partial charge in [0.2, 0.25) is 0 Å². The van der Waals surface area contributed by atoms with Crippen LogP contribution >= 0.6 is 12.6 Å². The van der Waals surface area contributed by atoms with E-state index in [0.29, 0.717) is 23.4 Å². The highest BCUT2D eigenvalue weighted by Crippen LogP contribution is 2.28. The third kappa shape index (κ3) is 7.90. The summed E-state index contributed by atoms with van der Waals surface area (Å²) in [6, 6.07) is 12.6. The number of hydrogen-bond donors (Lipinski definition) is 3. The third-order valence-corrected chi connectivity index (χ3v) is 4.76. The van der Waals surface area contributed by atoms with Crippen LogP contribution in [-0.4, -0.2) is 48.0 Å². The van der Waals surface area contributed by atoms with Crippen LogP contribution in [0.15, 0.2) is 48.5 Å². The highest BCUT2D eigenvalue weighted by Gasteiger charge is 2.28. The number of anilines is 1. The minimum Gasteiger partial charge on any atom is -0.508 e. The van der Waals surface area contributed by atoms with Gasteiger partial charge < -0.3 is 19.3 Å². The minimum atomic E-state index is -0.832. The van der Waals surface area contributed by atoms with Gasteiger partial charge in [0, 0.05) is 24.3 Å². The Labute approximate surface area is 192 Å². The van der Waals surface area contributed by atoms with Gasteiger partial charge in [-0.15, -0.1) is 0 Å². The van der Waals surface area contributed by atoms with E-state index in [1.165, 1.54) is 19.1 Å². The van der Waals surface area contributed by atoms with E-state index in [1.54, 1.807) is 43.3 Å². The van der Waals surface area contributed by atoms with Gasteiger partial charge in [-0.2, -0.15) is 12.6 Å². The maximum Gasteiger partial charge on any atom is 0.412 e. The quantitative estimate of drug-likeness (QED) is 0.262. The molecule has 0 saturated carbocycles. The minimum absolute atomic E-state index is 0.0397. The lowest BCUT2D eigenvalue weighted by atomic mass is 10.0. The Morgan fingerprint density at radius 3 is 2.28 bits per heavy atom. The van der Waals surface area contributed by atoms with Gasteiger partial charge in [-0.05, 0) is 55.8 Å². The van der Waals surface area contributed by atoms with E-state index in [2.05, 4.69) is 17.9 Å². The number of phenols is 1. The molecule has 2 atom stereocenters. The molecule has 8 nitrogen and oxygen atoms in total. The van der Waals surface area contributed by atoms with Gasteiger partial charge in [-0.3, -0.25) is 14.9 Å². The second-order valence-electron chi connectivity index (χ2n) is 6.84. The molecule has 0 aromatic heterocycles. The summed E-state index contributed by atoms with van der Waals surface area (Å²) < 4.78 is 16.5. The number of hydrogen-bond acceptors (Lipinski definition) is 8. The second kappa shape index (κ2) is 12.7. The van der Waals surface area contributed by atoms with Crippen LogP contribution in [0, 0.1) is 0 Å². The van der Waals surface area contributed by atoms with E-state index in [-0.39, 0.29) is 30.3 Å². The van der Waals surface area contributed by atoms with Crippen molar-refractivity contribution < 1.29 is 33.7 Å². The normalized spacial score (nSPS) is 12.5. The fourth-order valence-electron chi connectivity index (χ4n) is 2.94. The zero-order valence-corrected chi connectivity index (χ0v) is 18.8. The van der Waals surface area contributed by atoms with Crippen molar-refractivity contribution in [2.24, 2.45) is 0 Å². The summed E-state index contributed by atoms with van der Waals surface area (Å²) in [4.78, 5) is 35.4. The van der Waals surface area contributed by atoms with Gasteiger partial charge >= 0.3 is 12.1 Å². The molecule has 2 aromatic carbocycles. The molecule has 2 aromatic rings. The lowest BCUT2D eigenvalue weighted by molar-refractivity contribution is -0.142. The van der Waals surface area contributed by atoms with Crippen molar-refractivity contribution in [1.82, 2.24) is 0 Å². The summed E-state index contributed by atoms with van der Waals surface area (Å²) in [5.74, 6) is -0.512. The van der Waals surface area contributed by atoms with E-state index in [9.17, 15) is 19.5 Å². The molecule has 172 valence electrons. The number of carbonyl (C=O) groups excluding carboxylic acids is 3. The van der Waals surface area contributed by atoms with Crippen LogP contribution in [-0.2, 0) is 19.0 Å². The number of Topliss-reactive ketones (excluding diaryl/α,β-unsaturated/α-hetero) is 1. The summed E-state index contributed by atoms with van der Waals surface area (Å²) in [7, 11) is 0. The van der Waals surface area contributed by atoms with Crippen LogP contribution in [0.3, 0.4) is 0 Å². The van der Waals surface area contributed by atoms with Gasteiger partial charge in [0.25, 0.3) is 0 Å². The molecule has 2 rings (SSSR count). The Balaban J connectivity index is 2.16. The first-order chi connectivity index (χ1) is 15.3. The lowest BCUT2D eigenvalue weighted by Gasteiger charge is -2.27. The predicted octanol–water partition coefficient (Wildman–Crippen LogP) is 4.15. The summed E-state index contributed by atoms with van der Waals surface area (Å²) in [6.07, 6.45) is -1.89. The smallest absolute Gasteiger partial charge is 0.412 e. The highest BCUT2D eigenvalue weighted by molar-refractivity contribution is 7.81. The molecule has 0 aliphatic rings. The first-order valence-corrected chi connectivity index (χ1v) is 10.7. The maximum absolute atomic E-state index is 12.6. The van der Waals surface area contributed by atoms with E-state index >= 15 is 0 Å². The van der Waals surface area contributed by atoms with Gasteiger partial charge in [-0.25, -0.2) is 4.79 Å². The molecule has 0 aliphatic carbocycles. The molecule has 0 spiro atoms. The number of thiol groups is 1. The Morgan fingerprint density at radius 1 is 1.06 bits per heavy atom. The van der Waals surface area contributed by atoms with Crippen molar-refractivity contribution in [3.8, 4) is 5.75 Å². The van der Waals surface area contributed by atoms with E-state index < -0.39 is 24.3 Å². The molecule has 0 heterocycles. The van der Waals surface area contributed by atoms with E-state index in [0.717, 1.165) is 0 Å². The molecule has 0 fully saturated rings. The van der Waals surface area contributed by atoms with Crippen LogP contribution < -0.4 is 5.32 Å². The van der Waals surface area contributed by atoms with Gasteiger partial charge in [0.05, 0.1) is 12.4 Å². The number of ether oxygens (including phenoxy) is 3. The average molecular weight is 462 g/mol. The molecule has 0 radical (unpaired) electrons. The molecular formula is C23H27NO7S. The first kappa shape index (κ1) is 25.2. The topological polar surface area (TPSA) is 111 Å². The fourth-order valence-corrected chi connectivity index (χ4v) is 3.04. The molecule has 32 heavy (non-hydrogen) atoms. The Hall–Kier alpha value is -3.04. The van der Waals surface area contributed by atoms with E-state index in [1.807, 2.05) is 0 Å². The summed E-state index contributed by atoms with van der Waals surface area (Å²) in [6.45, 7) is 3.67. The monoisotopic (exact) mass is 461 g/mol. The zero-order valence-electron chi connectivity index (χ0n) is 17.9. The van der Waals surface area contributed by atoms with Crippen LogP contribution in [0.1, 0.15) is 42.3 Å². The number of phenolic OH excluding ortho intramolecular Hbond substituents is 1. The van der Waals surface area contributed by atoms with Crippen LogP contribution in [0.5, 0.6) is 5.75 Å². The molecule has 0 aliphatic heterocycles. The number of amides is 1. The van der Waals surface area contributed by atoms with Crippen molar-refractivity contribution in [1.29, 1.82) is 0 Å². The number of nitrogens with one attached hydrogen (secondary N) is 1. The number of benzene rings is 2. The maximum atomic E-state index is 12.6. The van der Waals surface area contributed by atoms with Gasteiger partial charge in [0.15, 0.2) is 11.9 Å². The summed E-state index contributed by atoms with van der Waals surface area (Å²) in [5.41, 5.74) is 1.59. The summed E-state index contributed by atoms with van der Waals surface area (Å²) >= 11 is 3.87.